The molecule has 2 N–H and O–H groups in total. The highest BCUT2D eigenvalue weighted by molar-refractivity contribution is 14.0. The number of halogens is 1. The van der Waals surface area contributed by atoms with Crippen LogP contribution >= 0.6 is 24.0 Å². The predicted molar refractivity (Wildman–Crippen MR) is 143 cm³/mol. The Kier molecular flexibility index (Phi) is 12.1. The summed E-state index contributed by atoms with van der Waals surface area (Å²) in [5.41, 5.74) is 5.00. The second-order valence-electron chi connectivity index (χ2n) is 8.23. The van der Waals surface area contributed by atoms with Crippen LogP contribution in [-0.2, 0) is 22.6 Å². The molecule has 32 heavy (non-hydrogen) atoms. The molecule has 1 aliphatic heterocycles. The van der Waals surface area contributed by atoms with Crippen LogP contribution in [0.1, 0.15) is 54.5 Å². The SMILES string of the molecule is CCCOCc1ccccc1CNC(=NC)NCC1CCCOC1c1ccc(C)cc1.I. The first-order chi connectivity index (χ1) is 15.2. The van der Waals surface area contributed by atoms with Crippen LogP contribution in [-0.4, -0.2) is 32.8 Å². The molecule has 2 aromatic rings. The Labute approximate surface area is 210 Å². The van der Waals surface area contributed by atoms with Crippen LogP contribution in [0.4, 0.5) is 0 Å². The molecule has 0 aromatic heterocycles. The highest BCUT2D eigenvalue weighted by Gasteiger charge is 2.27. The van der Waals surface area contributed by atoms with Gasteiger partial charge < -0.3 is 20.1 Å². The Balaban J connectivity index is 0.00000363. The number of hydrogen-bond donors (Lipinski definition) is 2. The molecule has 0 bridgehead atoms. The van der Waals surface area contributed by atoms with Gasteiger partial charge in [-0.1, -0.05) is 61.0 Å². The first-order valence-corrected chi connectivity index (χ1v) is 11.5. The fourth-order valence-corrected chi connectivity index (χ4v) is 4.00. The first-order valence-electron chi connectivity index (χ1n) is 11.5. The van der Waals surface area contributed by atoms with E-state index in [4.69, 9.17) is 9.47 Å². The second kappa shape index (κ2) is 14.5. The van der Waals surface area contributed by atoms with Gasteiger partial charge in [0.15, 0.2) is 5.96 Å². The molecule has 0 radical (unpaired) electrons. The van der Waals surface area contributed by atoms with Gasteiger partial charge in [0.2, 0.25) is 0 Å². The van der Waals surface area contributed by atoms with Gasteiger partial charge in [0, 0.05) is 39.3 Å². The van der Waals surface area contributed by atoms with E-state index in [2.05, 4.69) is 78.0 Å². The van der Waals surface area contributed by atoms with E-state index in [0.29, 0.717) is 19.1 Å². The molecule has 1 fully saturated rings. The molecule has 2 aromatic carbocycles. The summed E-state index contributed by atoms with van der Waals surface area (Å²) in [5, 5.41) is 6.98. The van der Waals surface area contributed by atoms with Crippen LogP contribution in [0.3, 0.4) is 0 Å². The minimum atomic E-state index is 0. The van der Waals surface area contributed by atoms with E-state index >= 15 is 0 Å². The van der Waals surface area contributed by atoms with Crippen molar-refractivity contribution in [2.24, 2.45) is 10.9 Å². The molecule has 1 saturated heterocycles. The van der Waals surface area contributed by atoms with Crippen molar-refractivity contribution in [2.75, 3.05) is 26.8 Å². The summed E-state index contributed by atoms with van der Waals surface area (Å²) in [6, 6.07) is 17.1. The summed E-state index contributed by atoms with van der Waals surface area (Å²) < 4.78 is 11.9. The lowest BCUT2D eigenvalue weighted by molar-refractivity contribution is -0.0265. The molecular formula is C26H38IN3O2. The van der Waals surface area contributed by atoms with E-state index in [-0.39, 0.29) is 30.1 Å². The second-order valence-corrected chi connectivity index (χ2v) is 8.23. The molecule has 1 aliphatic rings. The van der Waals surface area contributed by atoms with Gasteiger partial charge >= 0.3 is 0 Å². The van der Waals surface area contributed by atoms with Crippen molar-refractivity contribution in [1.82, 2.24) is 10.6 Å². The summed E-state index contributed by atoms with van der Waals surface area (Å²) in [6.07, 6.45) is 3.42. The monoisotopic (exact) mass is 551 g/mol. The van der Waals surface area contributed by atoms with Gasteiger partial charge in [-0.05, 0) is 42.9 Å². The van der Waals surface area contributed by atoms with E-state index in [1.165, 1.54) is 22.3 Å². The number of aliphatic imine (C=N–C) groups is 1. The van der Waals surface area contributed by atoms with E-state index in [0.717, 1.165) is 45.0 Å². The lowest BCUT2D eigenvalue weighted by Crippen LogP contribution is -2.41. The van der Waals surface area contributed by atoms with Crippen molar-refractivity contribution in [3.63, 3.8) is 0 Å². The third-order valence-electron chi connectivity index (χ3n) is 5.78. The van der Waals surface area contributed by atoms with Crippen molar-refractivity contribution >= 4 is 29.9 Å². The lowest BCUT2D eigenvalue weighted by Gasteiger charge is -2.32. The van der Waals surface area contributed by atoms with Gasteiger partial charge in [0.1, 0.15) is 0 Å². The van der Waals surface area contributed by atoms with Gasteiger partial charge in [0.25, 0.3) is 0 Å². The quantitative estimate of drug-likeness (QED) is 0.191. The number of nitrogens with zero attached hydrogens (tertiary/aromatic N) is 1. The minimum absolute atomic E-state index is 0. The third kappa shape index (κ3) is 8.05. The molecule has 5 nitrogen and oxygen atoms in total. The zero-order valence-corrected chi connectivity index (χ0v) is 21.9. The van der Waals surface area contributed by atoms with Crippen LogP contribution in [0.5, 0.6) is 0 Å². The molecule has 0 aliphatic carbocycles. The number of aryl methyl sites for hydroxylation is 1. The average Bonchev–Trinajstić information content (AvgIpc) is 2.81. The Hall–Kier alpha value is -1.64. The van der Waals surface area contributed by atoms with Crippen molar-refractivity contribution in [1.29, 1.82) is 0 Å². The number of rotatable bonds is 9. The Morgan fingerprint density at radius 2 is 1.84 bits per heavy atom. The first kappa shape index (κ1) is 26.6. The summed E-state index contributed by atoms with van der Waals surface area (Å²) in [5.74, 6) is 1.24. The molecule has 2 atom stereocenters. The molecule has 2 unspecified atom stereocenters. The molecule has 176 valence electrons. The van der Waals surface area contributed by atoms with Gasteiger partial charge in [-0.3, -0.25) is 4.99 Å². The van der Waals surface area contributed by atoms with Crippen LogP contribution in [0.25, 0.3) is 0 Å². The number of ether oxygens (including phenoxy) is 2. The van der Waals surface area contributed by atoms with Gasteiger partial charge in [-0.25, -0.2) is 0 Å². The number of nitrogens with one attached hydrogen (secondary N) is 2. The molecule has 6 heteroatoms. The van der Waals surface area contributed by atoms with Crippen LogP contribution in [0, 0.1) is 12.8 Å². The summed E-state index contributed by atoms with van der Waals surface area (Å²) in [4.78, 5) is 4.42. The van der Waals surface area contributed by atoms with Gasteiger partial charge in [-0.15, -0.1) is 24.0 Å². The third-order valence-corrected chi connectivity index (χ3v) is 5.78. The maximum absolute atomic E-state index is 6.16. The molecule has 3 rings (SSSR count). The van der Waals surface area contributed by atoms with Gasteiger partial charge in [-0.2, -0.15) is 0 Å². The normalized spacial score (nSPS) is 18.7. The van der Waals surface area contributed by atoms with E-state index in [9.17, 15) is 0 Å². The highest BCUT2D eigenvalue weighted by atomic mass is 127. The van der Waals surface area contributed by atoms with Crippen LogP contribution < -0.4 is 10.6 Å². The molecular weight excluding hydrogens is 513 g/mol. The maximum Gasteiger partial charge on any atom is 0.191 e. The van der Waals surface area contributed by atoms with Crippen molar-refractivity contribution in [2.45, 2.75) is 52.4 Å². The van der Waals surface area contributed by atoms with E-state index in [1.807, 2.05) is 7.05 Å². The maximum atomic E-state index is 6.16. The zero-order valence-electron chi connectivity index (χ0n) is 19.6. The molecule has 0 spiro atoms. The van der Waals surface area contributed by atoms with Crippen molar-refractivity contribution in [3.05, 3.63) is 70.8 Å². The predicted octanol–water partition coefficient (Wildman–Crippen LogP) is 5.37. The Morgan fingerprint density at radius 3 is 2.56 bits per heavy atom. The molecule has 0 amide bonds. The summed E-state index contributed by atoms with van der Waals surface area (Å²) in [7, 11) is 1.82. The fourth-order valence-electron chi connectivity index (χ4n) is 4.00. The number of hydrogen-bond acceptors (Lipinski definition) is 3. The molecule has 1 heterocycles. The zero-order chi connectivity index (χ0) is 21.9. The lowest BCUT2D eigenvalue weighted by atomic mass is 9.89. The molecule has 0 saturated carbocycles. The highest BCUT2D eigenvalue weighted by Crippen LogP contribution is 2.33. The van der Waals surface area contributed by atoms with Crippen molar-refractivity contribution in [3.8, 4) is 0 Å². The number of benzene rings is 2. The largest absolute Gasteiger partial charge is 0.377 e. The van der Waals surface area contributed by atoms with E-state index < -0.39 is 0 Å². The van der Waals surface area contributed by atoms with E-state index in [1.54, 1.807) is 0 Å². The number of guanidine groups is 1. The standard InChI is InChI=1S/C26H37N3O2.HI/c1-4-15-30-19-24-9-6-5-8-22(24)17-28-26(27-3)29-18-23-10-7-16-31-25(23)21-13-11-20(2)12-14-21;/h5-6,8-9,11-14,23,25H,4,7,10,15-19H2,1-3H3,(H2,27,28,29);1H. The van der Waals surface area contributed by atoms with Crippen LogP contribution in [0.15, 0.2) is 53.5 Å². The topological polar surface area (TPSA) is 54.9 Å². The smallest absolute Gasteiger partial charge is 0.191 e. The van der Waals surface area contributed by atoms with Crippen LogP contribution in [0.2, 0.25) is 0 Å². The van der Waals surface area contributed by atoms with Crippen molar-refractivity contribution < 1.29 is 9.47 Å². The summed E-state index contributed by atoms with van der Waals surface area (Å²) >= 11 is 0. The summed E-state index contributed by atoms with van der Waals surface area (Å²) in [6.45, 7) is 8.07. The minimum Gasteiger partial charge on any atom is -0.377 e. The Bertz CT molecular complexity index is 826. The van der Waals surface area contributed by atoms with Gasteiger partial charge in [0.05, 0.1) is 12.7 Å². The average molecular weight is 552 g/mol. The Morgan fingerprint density at radius 1 is 1.09 bits per heavy atom. The fraction of sp³-hybridized carbons (Fsp3) is 0.500.